The van der Waals surface area contributed by atoms with Crippen molar-refractivity contribution in [1.29, 1.82) is 0 Å². The smallest absolute Gasteiger partial charge is 0.0723 e. The van der Waals surface area contributed by atoms with E-state index in [9.17, 15) is 0 Å². The lowest BCUT2D eigenvalue weighted by Crippen LogP contribution is -2.17. The maximum absolute atomic E-state index is 6.24. The summed E-state index contributed by atoms with van der Waals surface area (Å²) in [6.45, 7) is 3.02. The summed E-state index contributed by atoms with van der Waals surface area (Å²) < 4.78 is 1.96. The third kappa shape index (κ3) is 2.68. The summed E-state index contributed by atoms with van der Waals surface area (Å²) in [6.07, 6.45) is 2.84. The first-order chi connectivity index (χ1) is 8.22. The predicted octanol–water partition coefficient (Wildman–Crippen LogP) is 2.99. The molecular formula is C13H16ClN3. The second kappa shape index (κ2) is 5.34. The molecule has 17 heavy (non-hydrogen) atoms. The Morgan fingerprint density at radius 3 is 2.65 bits per heavy atom. The lowest BCUT2D eigenvalue weighted by atomic mass is 10.0. The van der Waals surface area contributed by atoms with Gasteiger partial charge in [0, 0.05) is 17.8 Å². The SMILES string of the molecule is CCCn1nccc1C(N)c1ccc(Cl)cc1. The van der Waals surface area contributed by atoms with Gasteiger partial charge in [-0.2, -0.15) is 5.10 Å². The molecule has 0 bridgehead atoms. The average molecular weight is 250 g/mol. The fourth-order valence-corrected chi connectivity index (χ4v) is 1.97. The lowest BCUT2D eigenvalue weighted by Gasteiger charge is -2.14. The number of nitrogens with two attached hydrogens (primary N) is 1. The summed E-state index contributed by atoms with van der Waals surface area (Å²) in [4.78, 5) is 0. The van der Waals surface area contributed by atoms with E-state index in [1.807, 2.05) is 35.0 Å². The van der Waals surface area contributed by atoms with Gasteiger partial charge in [-0.3, -0.25) is 4.68 Å². The molecule has 1 aromatic carbocycles. The number of hydrogen-bond acceptors (Lipinski definition) is 2. The molecule has 1 atom stereocenters. The van der Waals surface area contributed by atoms with Gasteiger partial charge in [0.2, 0.25) is 0 Å². The zero-order chi connectivity index (χ0) is 12.3. The van der Waals surface area contributed by atoms with Crippen molar-refractivity contribution >= 4 is 11.6 Å². The molecule has 0 aliphatic carbocycles. The number of hydrogen-bond donors (Lipinski definition) is 1. The molecule has 0 radical (unpaired) electrons. The van der Waals surface area contributed by atoms with Gasteiger partial charge >= 0.3 is 0 Å². The van der Waals surface area contributed by atoms with Crippen LogP contribution in [0.3, 0.4) is 0 Å². The molecule has 4 heteroatoms. The number of aromatic nitrogens is 2. The van der Waals surface area contributed by atoms with Crippen LogP contribution in [0.15, 0.2) is 36.5 Å². The van der Waals surface area contributed by atoms with Crippen molar-refractivity contribution in [2.45, 2.75) is 25.9 Å². The second-order valence-corrected chi connectivity index (χ2v) is 4.44. The van der Waals surface area contributed by atoms with Gasteiger partial charge < -0.3 is 5.73 Å². The fourth-order valence-electron chi connectivity index (χ4n) is 1.85. The van der Waals surface area contributed by atoms with Gasteiger partial charge in [0.15, 0.2) is 0 Å². The molecule has 2 aromatic rings. The molecule has 1 unspecified atom stereocenters. The predicted molar refractivity (Wildman–Crippen MR) is 70.0 cm³/mol. The first-order valence-electron chi connectivity index (χ1n) is 5.75. The van der Waals surface area contributed by atoms with Gasteiger partial charge in [-0.25, -0.2) is 0 Å². The van der Waals surface area contributed by atoms with Crippen molar-refractivity contribution < 1.29 is 0 Å². The third-order valence-corrected chi connectivity index (χ3v) is 2.98. The summed E-state index contributed by atoms with van der Waals surface area (Å²) in [5.74, 6) is 0. The monoisotopic (exact) mass is 249 g/mol. The van der Waals surface area contributed by atoms with Gasteiger partial charge in [-0.1, -0.05) is 30.7 Å². The Bertz CT molecular complexity index is 476. The minimum Gasteiger partial charge on any atom is -0.319 e. The van der Waals surface area contributed by atoms with E-state index in [1.165, 1.54) is 0 Å². The zero-order valence-corrected chi connectivity index (χ0v) is 10.6. The quantitative estimate of drug-likeness (QED) is 0.905. The topological polar surface area (TPSA) is 43.8 Å². The van der Waals surface area contributed by atoms with E-state index in [0.29, 0.717) is 0 Å². The minimum absolute atomic E-state index is 0.152. The molecule has 3 nitrogen and oxygen atoms in total. The highest BCUT2D eigenvalue weighted by Crippen LogP contribution is 2.21. The molecule has 0 saturated carbocycles. The molecule has 1 aromatic heterocycles. The normalized spacial score (nSPS) is 12.6. The van der Waals surface area contributed by atoms with E-state index in [2.05, 4.69) is 12.0 Å². The van der Waals surface area contributed by atoms with Crippen LogP contribution in [0, 0.1) is 0 Å². The largest absolute Gasteiger partial charge is 0.319 e. The summed E-state index contributed by atoms with van der Waals surface area (Å²) in [5.41, 5.74) is 8.32. The van der Waals surface area contributed by atoms with Crippen LogP contribution in [0.5, 0.6) is 0 Å². The van der Waals surface area contributed by atoms with E-state index in [1.54, 1.807) is 6.20 Å². The highest BCUT2D eigenvalue weighted by Gasteiger charge is 2.13. The molecule has 0 aliphatic heterocycles. The van der Waals surface area contributed by atoms with Crippen LogP contribution in [0.1, 0.15) is 30.6 Å². The van der Waals surface area contributed by atoms with E-state index in [-0.39, 0.29) is 6.04 Å². The van der Waals surface area contributed by atoms with Crippen LogP contribution in [-0.2, 0) is 6.54 Å². The number of halogens is 1. The van der Waals surface area contributed by atoms with Crippen LogP contribution in [0.4, 0.5) is 0 Å². The van der Waals surface area contributed by atoms with Crippen molar-refractivity contribution in [3.05, 3.63) is 52.8 Å². The Morgan fingerprint density at radius 1 is 1.29 bits per heavy atom. The molecule has 0 spiro atoms. The van der Waals surface area contributed by atoms with Gasteiger partial charge in [0.1, 0.15) is 0 Å². The van der Waals surface area contributed by atoms with Crippen molar-refractivity contribution in [1.82, 2.24) is 9.78 Å². The molecule has 90 valence electrons. The number of benzene rings is 1. The molecule has 1 heterocycles. The highest BCUT2D eigenvalue weighted by molar-refractivity contribution is 6.30. The van der Waals surface area contributed by atoms with E-state index < -0.39 is 0 Å². The number of aryl methyl sites for hydroxylation is 1. The maximum Gasteiger partial charge on any atom is 0.0723 e. The third-order valence-electron chi connectivity index (χ3n) is 2.73. The van der Waals surface area contributed by atoms with E-state index in [4.69, 9.17) is 17.3 Å². The van der Waals surface area contributed by atoms with Gasteiger partial charge in [0.05, 0.1) is 11.7 Å². The zero-order valence-electron chi connectivity index (χ0n) is 9.81. The molecule has 0 fully saturated rings. The van der Waals surface area contributed by atoms with Crippen LogP contribution in [0.25, 0.3) is 0 Å². The summed E-state index contributed by atoms with van der Waals surface area (Å²) >= 11 is 5.86. The minimum atomic E-state index is -0.152. The second-order valence-electron chi connectivity index (χ2n) is 4.01. The molecular weight excluding hydrogens is 234 g/mol. The fraction of sp³-hybridized carbons (Fsp3) is 0.308. The van der Waals surface area contributed by atoms with Gasteiger partial charge in [-0.15, -0.1) is 0 Å². The Morgan fingerprint density at radius 2 is 2.00 bits per heavy atom. The summed E-state index contributed by atoms with van der Waals surface area (Å²) in [5, 5.41) is 5.01. The Balaban J connectivity index is 2.26. The Kier molecular flexibility index (Phi) is 3.82. The van der Waals surface area contributed by atoms with Crippen molar-refractivity contribution in [2.24, 2.45) is 5.73 Å². The molecule has 0 saturated heterocycles. The molecule has 2 N–H and O–H groups in total. The summed E-state index contributed by atoms with van der Waals surface area (Å²) in [6, 6.07) is 9.44. The lowest BCUT2D eigenvalue weighted by molar-refractivity contribution is 0.560. The first-order valence-corrected chi connectivity index (χ1v) is 6.13. The van der Waals surface area contributed by atoms with Gasteiger partial charge in [0.25, 0.3) is 0 Å². The Labute approximate surface area is 106 Å². The van der Waals surface area contributed by atoms with Crippen LogP contribution in [-0.4, -0.2) is 9.78 Å². The van der Waals surface area contributed by atoms with Crippen LogP contribution >= 0.6 is 11.6 Å². The van der Waals surface area contributed by atoms with E-state index >= 15 is 0 Å². The van der Waals surface area contributed by atoms with Crippen molar-refractivity contribution in [2.75, 3.05) is 0 Å². The highest BCUT2D eigenvalue weighted by atomic mass is 35.5. The molecule has 0 amide bonds. The van der Waals surface area contributed by atoms with E-state index in [0.717, 1.165) is 29.2 Å². The molecule has 2 rings (SSSR count). The van der Waals surface area contributed by atoms with Crippen molar-refractivity contribution in [3.63, 3.8) is 0 Å². The Hall–Kier alpha value is -1.32. The first kappa shape index (κ1) is 12.1. The van der Waals surface area contributed by atoms with Gasteiger partial charge in [-0.05, 0) is 30.2 Å². The average Bonchev–Trinajstić information content (AvgIpc) is 2.78. The number of rotatable bonds is 4. The standard InChI is InChI=1S/C13H16ClN3/c1-2-9-17-12(7-8-16-17)13(15)10-3-5-11(14)6-4-10/h3-8,13H,2,9,15H2,1H3. The van der Waals surface area contributed by atoms with Crippen LogP contribution in [0.2, 0.25) is 5.02 Å². The van der Waals surface area contributed by atoms with Crippen LogP contribution < -0.4 is 5.73 Å². The molecule has 0 aliphatic rings. The number of nitrogens with zero attached hydrogens (tertiary/aromatic N) is 2. The maximum atomic E-state index is 6.24. The van der Waals surface area contributed by atoms with Crippen molar-refractivity contribution in [3.8, 4) is 0 Å². The summed E-state index contributed by atoms with van der Waals surface area (Å²) in [7, 11) is 0.